The van der Waals surface area contributed by atoms with Gasteiger partial charge in [-0.1, -0.05) is 47.5 Å². The highest BCUT2D eigenvalue weighted by molar-refractivity contribution is 5.53. The molecule has 3 rings (SSSR count). The molecule has 0 spiro atoms. The van der Waals surface area contributed by atoms with E-state index in [0.29, 0.717) is 5.82 Å². The predicted molar refractivity (Wildman–Crippen MR) is 95.4 cm³/mol. The first kappa shape index (κ1) is 17.1. The third-order valence-corrected chi connectivity index (χ3v) is 3.90. The monoisotopic (exact) mass is 338 g/mol. The van der Waals surface area contributed by atoms with E-state index in [1.807, 2.05) is 57.2 Å². The summed E-state index contributed by atoms with van der Waals surface area (Å²) < 4.78 is 5.69. The first-order valence-corrected chi connectivity index (χ1v) is 8.24. The molecule has 6 nitrogen and oxygen atoms in total. The molecule has 0 aliphatic heterocycles. The van der Waals surface area contributed by atoms with Gasteiger partial charge in [0.1, 0.15) is 18.5 Å². The lowest BCUT2D eigenvalue weighted by Crippen LogP contribution is -2.25. The van der Waals surface area contributed by atoms with E-state index in [1.165, 1.54) is 15.9 Å². The molecule has 0 bridgehead atoms. The zero-order valence-electron chi connectivity index (χ0n) is 14.7. The summed E-state index contributed by atoms with van der Waals surface area (Å²) in [6.45, 7) is 6.45. The molecular weight excluding hydrogens is 316 g/mol. The van der Waals surface area contributed by atoms with E-state index in [4.69, 9.17) is 4.74 Å². The zero-order valence-corrected chi connectivity index (χ0v) is 14.7. The van der Waals surface area contributed by atoms with Crippen LogP contribution in [-0.2, 0) is 6.54 Å². The Morgan fingerprint density at radius 3 is 2.48 bits per heavy atom. The van der Waals surface area contributed by atoms with Crippen molar-refractivity contribution in [1.29, 1.82) is 0 Å². The van der Waals surface area contributed by atoms with Gasteiger partial charge in [-0.3, -0.25) is 0 Å². The smallest absolute Gasteiger partial charge is 0.204 e. The third kappa shape index (κ3) is 4.42. The van der Waals surface area contributed by atoms with Crippen molar-refractivity contribution in [2.45, 2.75) is 33.4 Å². The number of aromatic nitrogens is 4. The molecule has 2 aromatic carbocycles. The van der Waals surface area contributed by atoms with Crippen LogP contribution in [-0.4, -0.2) is 38.0 Å². The molecule has 0 aliphatic carbocycles. The average Bonchev–Trinajstić information content (AvgIpc) is 3.03. The fourth-order valence-electron chi connectivity index (χ4n) is 2.53. The number of aryl methyl sites for hydroxylation is 3. The minimum atomic E-state index is -0.722. The zero-order chi connectivity index (χ0) is 17.8. The molecule has 1 N–H and O–H groups in total. The number of hydrogen-bond acceptors (Lipinski definition) is 5. The minimum Gasteiger partial charge on any atom is -0.491 e. The van der Waals surface area contributed by atoms with E-state index in [2.05, 4.69) is 21.5 Å². The highest BCUT2D eigenvalue weighted by Gasteiger charge is 2.12. The average molecular weight is 338 g/mol. The van der Waals surface area contributed by atoms with Gasteiger partial charge < -0.3 is 9.84 Å². The first-order chi connectivity index (χ1) is 12.0. The number of hydrogen-bond donors (Lipinski definition) is 1. The van der Waals surface area contributed by atoms with Gasteiger partial charge in [0.25, 0.3) is 0 Å². The Bertz CT molecular complexity index is 843. The SMILES string of the molecule is Cc1ccc(-c2nnn(CC(O)COc3ccc(C)cc3C)n2)cc1. The number of rotatable bonds is 6. The molecule has 1 unspecified atom stereocenters. The van der Waals surface area contributed by atoms with Gasteiger partial charge in [-0.25, -0.2) is 0 Å². The predicted octanol–water partition coefficient (Wildman–Crippen LogP) is 2.71. The van der Waals surface area contributed by atoms with Gasteiger partial charge in [0.2, 0.25) is 5.82 Å². The van der Waals surface area contributed by atoms with E-state index >= 15 is 0 Å². The molecule has 0 radical (unpaired) electrons. The Labute approximate surface area is 147 Å². The highest BCUT2D eigenvalue weighted by atomic mass is 16.5. The second kappa shape index (κ2) is 7.44. The van der Waals surface area contributed by atoms with Crippen molar-refractivity contribution < 1.29 is 9.84 Å². The molecule has 25 heavy (non-hydrogen) atoms. The molecule has 0 fully saturated rings. The maximum absolute atomic E-state index is 10.2. The van der Waals surface area contributed by atoms with Gasteiger partial charge >= 0.3 is 0 Å². The lowest BCUT2D eigenvalue weighted by molar-refractivity contribution is 0.0847. The molecular formula is C19H22N4O2. The molecule has 0 aliphatic rings. The number of tetrazole rings is 1. The molecule has 0 amide bonds. The van der Waals surface area contributed by atoms with Crippen molar-refractivity contribution in [1.82, 2.24) is 20.2 Å². The Balaban J connectivity index is 1.58. The molecule has 1 aromatic heterocycles. The van der Waals surface area contributed by atoms with Crippen molar-refractivity contribution in [3.63, 3.8) is 0 Å². The van der Waals surface area contributed by atoms with Crippen molar-refractivity contribution in [2.75, 3.05) is 6.61 Å². The van der Waals surface area contributed by atoms with Crippen LogP contribution in [0, 0.1) is 20.8 Å². The molecule has 0 saturated heterocycles. The van der Waals surface area contributed by atoms with Crippen LogP contribution in [0.5, 0.6) is 5.75 Å². The van der Waals surface area contributed by atoms with Gasteiger partial charge in [0.05, 0.1) is 6.54 Å². The lowest BCUT2D eigenvalue weighted by atomic mass is 10.1. The van der Waals surface area contributed by atoms with Gasteiger partial charge in [-0.2, -0.15) is 4.80 Å². The van der Waals surface area contributed by atoms with Gasteiger partial charge in [0, 0.05) is 5.56 Å². The minimum absolute atomic E-state index is 0.172. The first-order valence-electron chi connectivity index (χ1n) is 8.24. The number of aliphatic hydroxyl groups excluding tert-OH is 1. The van der Waals surface area contributed by atoms with Crippen LogP contribution >= 0.6 is 0 Å². The maximum Gasteiger partial charge on any atom is 0.204 e. The Morgan fingerprint density at radius 2 is 1.76 bits per heavy atom. The van der Waals surface area contributed by atoms with Crippen LogP contribution < -0.4 is 4.74 Å². The summed E-state index contributed by atoms with van der Waals surface area (Å²) in [7, 11) is 0. The summed E-state index contributed by atoms with van der Waals surface area (Å²) in [5.74, 6) is 1.32. The topological polar surface area (TPSA) is 73.1 Å². The van der Waals surface area contributed by atoms with Gasteiger partial charge in [0.15, 0.2) is 0 Å². The van der Waals surface area contributed by atoms with E-state index in [1.54, 1.807) is 0 Å². The quantitative estimate of drug-likeness (QED) is 0.748. The molecule has 6 heteroatoms. The Kier molecular flexibility index (Phi) is 5.09. The summed E-state index contributed by atoms with van der Waals surface area (Å²) >= 11 is 0. The van der Waals surface area contributed by atoms with Crippen LogP contribution in [0.4, 0.5) is 0 Å². The number of ether oxygens (including phenoxy) is 1. The van der Waals surface area contributed by atoms with Crippen molar-refractivity contribution in [2.24, 2.45) is 0 Å². The lowest BCUT2D eigenvalue weighted by Gasteiger charge is -2.13. The normalized spacial score (nSPS) is 12.2. The molecule has 130 valence electrons. The molecule has 3 aromatic rings. The van der Waals surface area contributed by atoms with Crippen LogP contribution in [0.25, 0.3) is 11.4 Å². The Morgan fingerprint density at radius 1 is 1.04 bits per heavy atom. The summed E-state index contributed by atoms with van der Waals surface area (Å²) in [5, 5.41) is 22.5. The van der Waals surface area contributed by atoms with Crippen LogP contribution in [0.3, 0.4) is 0 Å². The van der Waals surface area contributed by atoms with Crippen molar-refractivity contribution in [3.05, 3.63) is 59.2 Å². The van der Waals surface area contributed by atoms with E-state index in [0.717, 1.165) is 16.9 Å². The third-order valence-electron chi connectivity index (χ3n) is 3.90. The number of aliphatic hydroxyl groups is 1. The van der Waals surface area contributed by atoms with Crippen molar-refractivity contribution in [3.8, 4) is 17.1 Å². The van der Waals surface area contributed by atoms with Crippen molar-refractivity contribution >= 4 is 0 Å². The van der Waals surface area contributed by atoms with Gasteiger partial charge in [-0.15, -0.1) is 10.2 Å². The summed E-state index contributed by atoms with van der Waals surface area (Å²) in [6, 6.07) is 13.9. The van der Waals surface area contributed by atoms with Gasteiger partial charge in [-0.05, 0) is 37.6 Å². The highest BCUT2D eigenvalue weighted by Crippen LogP contribution is 2.19. The van der Waals surface area contributed by atoms with E-state index < -0.39 is 6.10 Å². The number of benzene rings is 2. The van der Waals surface area contributed by atoms with Crippen LogP contribution in [0.15, 0.2) is 42.5 Å². The standard InChI is InChI=1S/C19H22N4O2/c1-13-4-7-16(8-5-13)19-20-22-23(21-19)11-17(24)12-25-18-9-6-14(2)10-15(18)3/h4-10,17,24H,11-12H2,1-3H3. The second-order valence-electron chi connectivity index (χ2n) is 6.27. The fraction of sp³-hybridized carbons (Fsp3) is 0.316. The number of nitrogens with zero attached hydrogens (tertiary/aromatic N) is 4. The fourth-order valence-corrected chi connectivity index (χ4v) is 2.53. The maximum atomic E-state index is 10.2. The Hall–Kier alpha value is -2.73. The largest absolute Gasteiger partial charge is 0.491 e. The van der Waals surface area contributed by atoms with E-state index in [-0.39, 0.29) is 13.2 Å². The molecule has 1 heterocycles. The summed E-state index contributed by atoms with van der Waals surface area (Å²) in [5.41, 5.74) is 4.31. The molecule has 1 atom stereocenters. The summed E-state index contributed by atoms with van der Waals surface area (Å²) in [6.07, 6.45) is -0.722. The second-order valence-corrected chi connectivity index (χ2v) is 6.27. The van der Waals surface area contributed by atoms with Crippen LogP contribution in [0.1, 0.15) is 16.7 Å². The molecule has 0 saturated carbocycles. The van der Waals surface area contributed by atoms with Crippen LogP contribution in [0.2, 0.25) is 0 Å². The van der Waals surface area contributed by atoms with E-state index in [9.17, 15) is 5.11 Å². The summed E-state index contributed by atoms with van der Waals surface area (Å²) in [4.78, 5) is 1.39.